The normalized spacial score (nSPS) is 15.4. The van der Waals surface area contributed by atoms with Crippen molar-refractivity contribution in [3.05, 3.63) is 127 Å². The monoisotopic (exact) mass is 477 g/mol. The fraction of sp³-hybridized carbons (Fsp3) is 0.114. The number of benzene rings is 4. The van der Waals surface area contributed by atoms with Gasteiger partial charge in [0.2, 0.25) is 0 Å². The standard InChI is InChI=1S/C35H27NO/c1-3-8-24(9-4-1)26-14-16-27(17-15-26)30-12-7-13-32-31-19-18-29(23-34(31)37-35(30)32)33-22-28(20-21-36-33)25-10-5-2-6-11-25/h1-5,7-9,12-23,25H,6,10-11H2. The molecule has 1 aliphatic carbocycles. The summed E-state index contributed by atoms with van der Waals surface area (Å²) in [5.74, 6) is 0.581. The summed E-state index contributed by atoms with van der Waals surface area (Å²) < 4.78 is 6.52. The first-order valence-corrected chi connectivity index (χ1v) is 13.1. The molecule has 1 atom stereocenters. The Morgan fingerprint density at radius 1 is 0.649 bits per heavy atom. The van der Waals surface area contributed by atoms with Crippen molar-refractivity contribution >= 4 is 21.9 Å². The lowest BCUT2D eigenvalue weighted by Gasteiger charge is -2.18. The van der Waals surface area contributed by atoms with Crippen LogP contribution in [0.25, 0.3) is 55.4 Å². The summed E-state index contributed by atoms with van der Waals surface area (Å²) in [7, 11) is 0. The summed E-state index contributed by atoms with van der Waals surface area (Å²) in [5, 5.41) is 2.27. The maximum absolute atomic E-state index is 6.52. The van der Waals surface area contributed by atoms with Crippen molar-refractivity contribution < 1.29 is 4.42 Å². The molecule has 0 saturated heterocycles. The average Bonchev–Trinajstić information content (AvgIpc) is 3.36. The molecule has 2 heteroatoms. The van der Waals surface area contributed by atoms with Gasteiger partial charge in [-0.3, -0.25) is 4.98 Å². The molecule has 7 rings (SSSR count). The van der Waals surface area contributed by atoms with Crippen LogP contribution in [0.1, 0.15) is 30.7 Å². The van der Waals surface area contributed by atoms with E-state index in [1.165, 1.54) is 23.1 Å². The van der Waals surface area contributed by atoms with Crippen LogP contribution < -0.4 is 0 Å². The summed E-state index contributed by atoms with van der Waals surface area (Å²) in [6, 6.07) is 36.6. The zero-order chi connectivity index (χ0) is 24.6. The number of nitrogens with zero attached hydrogens (tertiary/aromatic N) is 1. The van der Waals surface area contributed by atoms with Gasteiger partial charge in [0.15, 0.2) is 0 Å². The molecule has 178 valence electrons. The number of para-hydroxylation sites is 1. The van der Waals surface area contributed by atoms with Crippen LogP contribution >= 0.6 is 0 Å². The van der Waals surface area contributed by atoms with E-state index in [0.29, 0.717) is 5.92 Å². The highest BCUT2D eigenvalue weighted by Crippen LogP contribution is 2.38. The van der Waals surface area contributed by atoms with Crippen LogP contribution in [0.5, 0.6) is 0 Å². The summed E-state index contributed by atoms with van der Waals surface area (Å²) in [5.41, 5.74) is 10.00. The topological polar surface area (TPSA) is 26.0 Å². The van der Waals surface area contributed by atoms with E-state index in [2.05, 4.69) is 109 Å². The molecule has 2 nitrogen and oxygen atoms in total. The first-order valence-electron chi connectivity index (χ1n) is 13.1. The second-order valence-electron chi connectivity index (χ2n) is 9.89. The van der Waals surface area contributed by atoms with E-state index in [0.717, 1.165) is 57.2 Å². The van der Waals surface area contributed by atoms with Gasteiger partial charge in [-0.15, -0.1) is 0 Å². The molecule has 0 amide bonds. The first-order chi connectivity index (χ1) is 18.3. The summed E-state index contributed by atoms with van der Waals surface area (Å²) in [6.07, 6.45) is 10.0. The molecule has 2 aromatic heterocycles. The highest BCUT2D eigenvalue weighted by Gasteiger charge is 2.16. The van der Waals surface area contributed by atoms with Gasteiger partial charge >= 0.3 is 0 Å². The number of aromatic nitrogens is 1. The maximum atomic E-state index is 6.52. The lowest BCUT2D eigenvalue weighted by molar-refractivity contribution is 0.616. The van der Waals surface area contributed by atoms with E-state index >= 15 is 0 Å². The number of rotatable bonds is 4. The second-order valence-corrected chi connectivity index (χ2v) is 9.89. The first kappa shape index (κ1) is 21.8. The van der Waals surface area contributed by atoms with Gasteiger partial charge in [-0.25, -0.2) is 0 Å². The number of allylic oxidation sites excluding steroid dienone is 2. The molecule has 0 fully saturated rings. The predicted molar refractivity (Wildman–Crippen MR) is 154 cm³/mol. The molecule has 0 N–H and O–H groups in total. The number of hydrogen-bond donors (Lipinski definition) is 0. The Labute approximate surface area is 216 Å². The van der Waals surface area contributed by atoms with E-state index in [1.807, 2.05) is 12.3 Å². The molecule has 0 radical (unpaired) electrons. The number of fused-ring (bicyclic) bond motifs is 3. The van der Waals surface area contributed by atoms with Crippen molar-refractivity contribution in [3.8, 4) is 33.5 Å². The minimum absolute atomic E-state index is 0.581. The molecule has 37 heavy (non-hydrogen) atoms. The molecular formula is C35H27NO. The third-order valence-electron chi connectivity index (χ3n) is 7.62. The van der Waals surface area contributed by atoms with Crippen LogP contribution in [0.15, 0.2) is 126 Å². The van der Waals surface area contributed by atoms with Gasteiger partial charge in [0.1, 0.15) is 11.2 Å². The molecule has 1 unspecified atom stereocenters. The third-order valence-corrected chi connectivity index (χ3v) is 7.62. The van der Waals surface area contributed by atoms with Crippen molar-refractivity contribution in [1.82, 2.24) is 4.98 Å². The maximum Gasteiger partial charge on any atom is 0.143 e. The quantitative estimate of drug-likeness (QED) is 0.236. The molecule has 4 aromatic carbocycles. The van der Waals surface area contributed by atoms with Gasteiger partial charge in [0.25, 0.3) is 0 Å². The van der Waals surface area contributed by atoms with Gasteiger partial charge in [-0.05, 0) is 71.7 Å². The zero-order valence-electron chi connectivity index (χ0n) is 20.6. The fourth-order valence-electron chi connectivity index (χ4n) is 5.61. The smallest absolute Gasteiger partial charge is 0.143 e. The van der Waals surface area contributed by atoms with Crippen molar-refractivity contribution in [2.45, 2.75) is 25.2 Å². The average molecular weight is 478 g/mol. The Bertz CT molecular complexity index is 1740. The van der Waals surface area contributed by atoms with Crippen molar-refractivity contribution in [1.29, 1.82) is 0 Å². The number of hydrogen-bond acceptors (Lipinski definition) is 2. The molecule has 0 bridgehead atoms. The Balaban J connectivity index is 1.27. The molecular weight excluding hydrogens is 450 g/mol. The van der Waals surface area contributed by atoms with Crippen LogP contribution in [0.4, 0.5) is 0 Å². The van der Waals surface area contributed by atoms with Gasteiger partial charge in [-0.2, -0.15) is 0 Å². The highest BCUT2D eigenvalue weighted by molar-refractivity contribution is 6.10. The van der Waals surface area contributed by atoms with Gasteiger partial charge in [0.05, 0.1) is 5.69 Å². The zero-order valence-corrected chi connectivity index (χ0v) is 20.6. The van der Waals surface area contributed by atoms with Crippen LogP contribution in [-0.4, -0.2) is 4.98 Å². The van der Waals surface area contributed by atoms with Gasteiger partial charge in [0, 0.05) is 28.1 Å². The summed E-state index contributed by atoms with van der Waals surface area (Å²) in [4.78, 5) is 4.70. The molecule has 2 heterocycles. The lowest BCUT2D eigenvalue weighted by Crippen LogP contribution is -2.01. The Kier molecular flexibility index (Phi) is 5.44. The van der Waals surface area contributed by atoms with E-state index in [-0.39, 0.29) is 0 Å². The van der Waals surface area contributed by atoms with E-state index in [4.69, 9.17) is 9.40 Å². The molecule has 6 aromatic rings. The molecule has 0 aliphatic heterocycles. The molecule has 0 saturated carbocycles. The third kappa shape index (κ3) is 4.05. The second kappa shape index (κ2) is 9.22. The van der Waals surface area contributed by atoms with E-state index < -0.39 is 0 Å². The van der Waals surface area contributed by atoms with Crippen LogP contribution in [-0.2, 0) is 0 Å². The lowest BCUT2D eigenvalue weighted by atomic mass is 9.87. The van der Waals surface area contributed by atoms with Crippen molar-refractivity contribution in [2.75, 3.05) is 0 Å². The van der Waals surface area contributed by atoms with Gasteiger partial charge < -0.3 is 4.42 Å². The van der Waals surface area contributed by atoms with Crippen molar-refractivity contribution in [3.63, 3.8) is 0 Å². The number of furan rings is 1. The summed E-state index contributed by atoms with van der Waals surface area (Å²) >= 11 is 0. The minimum Gasteiger partial charge on any atom is -0.455 e. The Hall–Kier alpha value is -4.43. The van der Waals surface area contributed by atoms with Crippen LogP contribution in [0.2, 0.25) is 0 Å². The van der Waals surface area contributed by atoms with Crippen molar-refractivity contribution in [2.24, 2.45) is 0 Å². The Morgan fingerprint density at radius 2 is 1.46 bits per heavy atom. The van der Waals surface area contributed by atoms with E-state index in [9.17, 15) is 0 Å². The predicted octanol–water partition coefficient (Wildman–Crippen LogP) is 9.81. The largest absolute Gasteiger partial charge is 0.455 e. The SMILES string of the molecule is C1=CCC(c2ccnc(-c3ccc4c(c3)oc3c(-c5ccc(-c6ccccc6)cc5)cccc34)c2)CC1. The van der Waals surface area contributed by atoms with E-state index in [1.54, 1.807) is 0 Å². The van der Waals surface area contributed by atoms with Crippen LogP contribution in [0, 0.1) is 0 Å². The minimum atomic E-state index is 0.581. The fourth-order valence-corrected chi connectivity index (χ4v) is 5.61. The summed E-state index contributed by atoms with van der Waals surface area (Å²) in [6.45, 7) is 0. The number of pyridine rings is 1. The van der Waals surface area contributed by atoms with Gasteiger partial charge in [-0.1, -0.05) is 91.0 Å². The Morgan fingerprint density at radius 3 is 2.30 bits per heavy atom. The molecule has 0 spiro atoms. The highest BCUT2D eigenvalue weighted by atomic mass is 16.3. The van der Waals surface area contributed by atoms with Crippen LogP contribution in [0.3, 0.4) is 0 Å². The molecule has 1 aliphatic rings.